The van der Waals surface area contributed by atoms with Crippen LogP contribution in [-0.4, -0.2) is 21.8 Å². The molecule has 3 aromatic rings. The summed E-state index contributed by atoms with van der Waals surface area (Å²) in [5, 5.41) is 5.08. The van der Waals surface area contributed by atoms with Crippen LogP contribution in [0, 0.1) is 6.92 Å². The molecule has 1 aliphatic carbocycles. The molecule has 0 saturated heterocycles. The van der Waals surface area contributed by atoms with Crippen molar-refractivity contribution >= 4 is 28.6 Å². The number of hydrogen-bond acceptors (Lipinski definition) is 4. The molecule has 2 heterocycles. The second-order valence-electron chi connectivity index (χ2n) is 6.54. The van der Waals surface area contributed by atoms with Crippen molar-refractivity contribution < 1.29 is 4.79 Å². The van der Waals surface area contributed by atoms with Gasteiger partial charge < -0.3 is 4.90 Å². The van der Waals surface area contributed by atoms with Gasteiger partial charge in [0.2, 0.25) is 5.91 Å². The minimum atomic E-state index is 0.187. The van der Waals surface area contributed by atoms with Gasteiger partial charge in [-0.2, -0.15) is 0 Å². The molecule has 5 heteroatoms. The third-order valence-corrected chi connectivity index (χ3v) is 6.29. The molecule has 0 bridgehead atoms. The molecule has 4 rings (SSSR count). The predicted molar refractivity (Wildman–Crippen MR) is 104 cm³/mol. The minimum absolute atomic E-state index is 0.187. The van der Waals surface area contributed by atoms with Crippen LogP contribution in [0.2, 0.25) is 0 Å². The van der Waals surface area contributed by atoms with E-state index in [0.717, 1.165) is 23.5 Å². The van der Waals surface area contributed by atoms with Gasteiger partial charge in [0.1, 0.15) is 5.01 Å². The molecule has 0 N–H and O–H groups in total. The van der Waals surface area contributed by atoms with Crippen molar-refractivity contribution in [2.75, 3.05) is 0 Å². The highest BCUT2D eigenvalue weighted by molar-refractivity contribution is 7.20. The van der Waals surface area contributed by atoms with Gasteiger partial charge in [0.25, 0.3) is 0 Å². The van der Waals surface area contributed by atoms with Crippen LogP contribution >= 0.6 is 22.7 Å². The van der Waals surface area contributed by atoms with Crippen LogP contribution in [0.3, 0.4) is 0 Å². The lowest BCUT2D eigenvalue weighted by atomic mass is 10.1. The highest BCUT2D eigenvalue weighted by Gasteiger charge is 2.32. The van der Waals surface area contributed by atoms with Gasteiger partial charge in [0.15, 0.2) is 0 Å². The summed E-state index contributed by atoms with van der Waals surface area (Å²) in [4.78, 5) is 20.7. The Labute approximate surface area is 156 Å². The smallest absolute Gasteiger partial charge is 0.229 e. The standard InChI is InChI=1S/C20H20N2OS2/c1-14-4-2-5-15(10-14)12-22(17-7-8-17)19(23)11-16-13-25-20(21-16)18-6-3-9-24-18/h2-6,9-10,13,17H,7-8,11-12H2,1H3. The van der Waals surface area contributed by atoms with Crippen molar-refractivity contribution in [3.05, 3.63) is 64.0 Å². The topological polar surface area (TPSA) is 33.2 Å². The predicted octanol–water partition coefficient (Wildman–Crippen LogP) is 4.91. The summed E-state index contributed by atoms with van der Waals surface area (Å²) in [6.45, 7) is 2.79. The van der Waals surface area contributed by atoms with Gasteiger partial charge in [0, 0.05) is 18.0 Å². The van der Waals surface area contributed by atoms with Crippen LogP contribution in [0.4, 0.5) is 0 Å². The van der Waals surface area contributed by atoms with E-state index in [4.69, 9.17) is 0 Å². The van der Waals surface area contributed by atoms with E-state index in [2.05, 4.69) is 47.6 Å². The summed E-state index contributed by atoms with van der Waals surface area (Å²) in [6, 6.07) is 12.9. The molecule has 128 valence electrons. The Morgan fingerprint density at radius 2 is 2.12 bits per heavy atom. The van der Waals surface area contributed by atoms with E-state index in [-0.39, 0.29) is 5.91 Å². The number of thiophene rings is 1. The molecule has 1 aromatic carbocycles. The van der Waals surface area contributed by atoms with Crippen molar-refractivity contribution in [1.82, 2.24) is 9.88 Å². The van der Waals surface area contributed by atoms with E-state index in [1.165, 1.54) is 16.0 Å². The number of hydrogen-bond donors (Lipinski definition) is 0. The molecule has 0 atom stereocenters. The fourth-order valence-corrected chi connectivity index (χ4v) is 4.61. The number of aromatic nitrogens is 1. The molecule has 3 nitrogen and oxygen atoms in total. The lowest BCUT2D eigenvalue weighted by molar-refractivity contribution is -0.131. The van der Waals surface area contributed by atoms with Crippen LogP contribution in [0.5, 0.6) is 0 Å². The quantitative estimate of drug-likeness (QED) is 0.619. The van der Waals surface area contributed by atoms with E-state index in [1.807, 2.05) is 16.3 Å². The molecule has 0 unspecified atom stereocenters. The van der Waals surface area contributed by atoms with Crippen molar-refractivity contribution in [1.29, 1.82) is 0 Å². The molecule has 25 heavy (non-hydrogen) atoms. The fraction of sp³-hybridized carbons (Fsp3) is 0.300. The molecule has 0 aliphatic heterocycles. The van der Waals surface area contributed by atoms with Crippen molar-refractivity contribution in [3.63, 3.8) is 0 Å². The van der Waals surface area contributed by atoms with Gasteiger partial charge in [0.05, 0.1) is 17.0 Å². The van der Waals surface area contributed by atoms with Crippen molar-refractivity contribution in [2.45, 2.75) is 38.8 Å². The number of aryl methyl sites for hydroxylation is 1. The summed E-state index contributed by atoms with van der Waals surface area (Å²) in [5.74, 6) is 0.187. The third kappa shape index (κ3) is 3.99. The lowest BCUT2D eigenvalue weighted by Crippen LogP contribution is -2.33. The van der Waals surface area contributed by atoms with Gasteiger partial charge in [-0.05, 0) is 36.8 Å². The summed E-state index contributed by atoms with van der Waals surface area (Å²) in [5.41, 5.74) is 3.33. The average Bonchev–Trinajstić information content (AvgIpc) is 3.08. The first-order valence-electron chi connectivity index (χ1n) is 8.52. The Kier molecular flexibility index (Phi) is 4.68. The number of rotatable bonds is 6. The molecular formula is C20H20N2OS2. The molecule has 1 fully saturated rings. The van der Waals surface area contributed by atoms with Crippen LogP contribution in [0.15, 0.2) is 47.2 Å². The summed E-state index contributed by atoms with van der Waals surface area (Å²) in [6.07, 6.45) is 2.63. The van der Waals surface area contributed by atoms with E-state index in [9.17, 15) is 4.79 Å². The molecule has 0 spiro atoms. The SMILES string of the molecule is Cc1cccc(CN(C(=O)Cc2csc(-c3cccs3)n2)C2CC2)c1. The first kappa shape index (κ1) is 16.5. The highest BCUT2D eigenvalue weighted by atomic mass is 32.1. The Balaban J connectivity index is 1.46. The number of nitrogens with zero attached hydrogens (tertiary/aromatic N) is 2. The zero-order chi connectivity index (χ0) is 17.2. The summed E-state index contributed by atoms with van der Waals surface area (Å²) < 4.78 is 0. The zero-order valence-corrected chi connectivity index (χ0v) is 15.8. The van der Waals surface area contributed by atoms with Gasteiger partial charge >= 0.3 is 0 Å². The fourth-order valence-electron chi connectivity index (χ4n) is 2.97. The molecule has 1 amide bonds. The number of carbonyl (C=O) groups is 1. The Bertz CT molecular complexity index is 865. The molecule has 1 saturated carbocycles. The number of benzene rings is 1. The first-order chi connectivity index (χ1) is 12.2. The largest absolute Gasteiger partial charge is 0.335 e. The summed E-state index contributed by atoms with van der Waals surface area (Å²) >= 11 is 3.30. The van der Waals surface area contributed by atoms with Crippen LogP contribution in [-0.2, 0) is 17.8 Å². The number of amides is 1. The van der Waals surface area contributed by atoms with Gasteiger partial charge in [-0.3, -0.25) is 4.79 Å². The monoisotopic (exact) mass is 368 g/mol. The average molecular weight is 369 g/mol. The Morgan fingerprint density at radius 3 is 2.84 bits per heavy atom. The minimum Gasteiger partial charge on any atom is -0.335 e. The lowest BCUT2D eigenvalue weighted by Gasteiger charge is -2.22. The van der Waals surface area contributed by atoms with Gasteiger partial charge in [-0.15, -0.1) is 22.7 Å². The van der Waals surface area contributed by atoms with Gasteiger partial charge in [-0.25, -0.2) is 4.98 Å². The van der Waals surface area contributed by atoms with E-state index in [0.29, 0.717) is 19.0 Å². The maximum absolute atomic E-state index is 12.9. The van der Waals surface area contributed by atoms with Crippen LogP contribution in [0.25, 0.3) is 9.88 Å². The molecule has 0 radical (unpaired) electrons. The zero-order valence-electron chi connectivity index (χ0n) is 14.1. The first-order valence-corrected chi connectivity index (χ1v) is 10.3. The number of carbonyl (C=O) groups excluding carboxylic acids is 1. The summed E-state index contributed by atoms with van der Waals surface area (Å²) in [7, 11) is 0. The van der Waals surface area contributed by atoms with Crippen molar-refractivity contribution in [3.8, 4) is 9.88 Å². The second kappa shape index (κ2) is 7.10. The highest BCUT2D eigenvalue weighted by Crippen LogP contribution is 2.31. The van der Waals surface area contributed by atoms with E-state index >= 15 is 0 Å². The Hall–Kier alpha value is -1.98. The molecule has 1 aliphatic rings. The third-order valence-electron chi connectivity index (χ3n) is 4.36. The Morgan fingerprint density at radius 1 is 1.24 bits per heavy atom. The van der Waals surface area contributed by atoms with Crippen LogP contribution in [0.1, 0.15) is 29.7 Å². The van der Waals surface area contributed by atoms with E-state index in [1.54, 1.807) is 22.7 Å². The normalized spacial score (nSPS) is 13.8. The maximum Gasteiger partial charge on any atom is 0.229 e. The van der Waals surface area contributed by atoms with Crippen molar-refractivity contribution in [2.24, 2.45) is 0 Å². The molecule has 2 aromatic heterocycles. The maximum atomic E-state index is 12.9. The van der Waals surface area contributed by atoms with Gasteiger partial charge in [-0.1, -0.05) is 35.9 Å². The van der Waals surface area contributed by atoms with E-state index < -0.39 is 0 Å². The second-order valence-corrected chi connectivity index (χ2v) is 8.35. The molecular weight excluding hydrogens is 348 g/mol. The number of thiazole rings is 1. The van der Waals surface area contributed by atoms with Crippen LogP contribution < -0.4 is 0 Å².